The first-order valence-electron chi connectivity index (χ1n) is 8.60. The molecule has 1 unspecified atom stereocenters. The summed E-state index contributed by atoms with van der Waals surface area (Å²) < 4.78 is 11.3. The molecule has 0 fully saturated rings. The summed E-state index contributed by atoms with van der Waals surface area (Å²) >= 11 is 0. The van der Waals surface area contributed by atoms with Crippen LogP contribution in [0.2, 0.25) is 0 Å². The fourth-order valence-electron chi connectivity index (χ4n) is 2.20. The molecule has 0 radical (unpaired) electrons. The number of methoxy groups -OCH3 is 1. The Balaban J connectivity index is 0.000000416. The Bertz CT molecular complexity index is 727. The molecular formula is C21H25NO6. The molecule has 0 aromatic heterocycles. The predicted molar refractivity (Wildman–Crippen MR) is 106 cm³/mol. The number of hydrogen-bond acceptors (Lipinski definition) is 5. The number of benzene rings is 2. The van der Waals surface area contributed by atoms with E-state index in [2.05, 4.69) is 17.4 Å². The van der Waals surface area contributed by atoms with Crippen molar-refractivity contribution in [3.05, 3.63) is 72.3 Å². The molecule has 7 heteroatoms. The van der Waals surface area contributed by atoms with Gasteiger partial charge in [-0.2, -0.15) is 0 Å². The molecule has 150 valence electrons. The lowest BCUT2D eigenvalue weighted by Crippen LogP contribution is -2.16. The lowest BCUT2D eigenvalue weighted by molar-refractivity contribution is -0.134. The smallest absolute Gasteiger partial charge is 0.328 e. The van der Waals surface area contributed by atoms with Gasteiger partial charge < -0.3 is 25.0 Å². The minimum Gasteiger partial charge on any atom is -0.497 e. The third-order valence-corrected chi connectivity index (χ3v) is 3.53. The van der Waals surface area contributed by atoms with Gasteiger partial charge in [-0.3, -0.25) is 0 Å². The van der Waals surface area contributed by atoms with E-state index in [4.69, 9.17) is 19.7 Å². The van der Waals surface area contributed by atoms with Crippen LogP contribution < -0.4 is 14.8 Å². The molecule has 0 bridgehead atoms. The third-order valence-electron chi connectivity index (χ3n) is 3.53. The molecule has 0 aliphatic rings. The van der Waals surface area contributed by atoms with Gasteiger partial charge in [0.25, 0.3) is 0 Å². The summed E-state index contributed by atoms with van der Waals surface area (Å²) in [6.07, 6.45) is 2.09. The van der Waals surface area contributed by atoms with E-state index in [1.165, 1.54) is 5.56 Å². The first kappa shape index (κ1) is 22.7. The molecule has 2 rings (SSSR count). The van der Waals surface area contributed by atoms with E-state index in [-0.39, 0.29) is 6.10 Å². The maximum atomic E-state index is 9.55. The highest BCUT2D eigenvalue weighted by atomic mass is 16.5. The van der Waals surface area contributed by atoms with Gasteiger partial charge in [0, 0.05) is 18.6 Å². The number of ether oxygens (including phenoxy) is 2. The highest BCUT2D eigenvalue weighted by Crippen LogP contribution is 2.26. The minimum absolute atomic E-state index is 0.0528. The maximum Gasteiger partial charge on any atom is 0.328 e. The first-order chi connectivity index (χ1) is 13.5. The average molecular weight is 387 g/mol. The summed E-state index contributed by atoms with van der Waals surface area (Å²) in [5.41, 5.74) is 1.19. The Morgan fingerprint density at radius 2 is 1.50 bits per heavy atom. The number of carbonyl (C=O) groups is 2. The molecule has 0 aliphatic carbocycles. The van der Waals surface area contributed by atoms with Crippen molar-refractivity contribution in [2.75, 3.05) is 20.7 Å². The van der Waals surface area contributed by atoms with E-state index in [0.717, 1.165) is 24.5 Å². The van der Waals surface area contributed by atoms with Gasteiger partial charge in [0.15, 0.2) is 0 Å². The third kappa shape index (κ3) is 9.40. The summed E-state index contributed by atoms with van der Waals surface area (Å²) in [5.74, 6) is -0.820. The van der Waals surface area contributed by atoms with Gasteiger partial charge in [-0.25, -0.2) is 9.59 Å². The van der Waals surface area contributed by atoms with Crippen molar-refractivity contribution < 1.29 is 29.3 Å². The normalized spacial score (nSPS) is 11.2. The van der Waals surface area contributed by atoms with Gasteiger partial charge in [0.1, 0.15) is 17.6 Å². The second kappa shape index (κ2) is 12.9. The van der Waals surface area contributed by atoms with Crippen molar-refractivity contribution in [1.82, 2.24) is 5.32 Å². The zero-order valence-electron chi connectivity index (χ0n) is 15.9. The van der Waals surface area contributed by atoms with Gasteiger partial charge in [-0.15, -0.1) is 0 Å². The summed E-state index contributed by atoms with van der Waals surface area (Å²) in [4.78, 5) is 19.1. The van der Waals surface area contributed by atoms with Crippen LogP contribution in [0.25, 0.3) is 0 Å². The van der Waals surface area contributed by atoms with Gasteiger partial charge >= 0.3 is 11.9 Å². The summed E-state index contributed by atoms with van der Waals surface area (Å²) in [6.45, 7) is 0.912. The van der Waals surface area contributed by atoms with Crippen LogP contribution in [0.5, 0.6) is 11.5 Å². The maximum absolute atomic E-state index is 9.55. The fraction of sp³-hybridized carbons (Fsp3) is 0.238. The van der Waals surface area contributed by atoms with Crippen LogP contribution in [-0.2, 0) is 9.59 Å². The van der Waals surface area contributed by atoms with Crippen molar-refractivity contribution in [1.29, 1.82) is 0 Å². The summed E-state index contributed by atoms with van der Waals surface area (Å²) in [7, 11) is 3.62. The van der Waals surface area contributed by atoms with E-state index in [1.54, 1.807) is 7.11 Å². The van der Waals surface area contributed by atoms with Crippen molar-refractivity contribution in [3.63, 3.8) is 0 Å². The molecule has 0 saturated carbocycles. The second-order valence-corrected chi connectivity index (χ2v) is 5.59. The quantitative estimate of drug-likeness (QED) is 0.568. The molecule has 2 aromatic rings. The first-order valence-corrected chi connectivity index (χ1v) is 8.60. The topological polar surface area (TPSA) is 105 Å². The monoisotopic (exact) mass is 387 g/mol. The Hall–Kier alpha value is -3.32. The van der Waals surface area contributed by atoms with Crippen molar-refractivity contribution in [3.8, 4) is 11.5 Å². The molecule has 28 heavy (non-hydrogen) atoms. The van der Waals surface area contributed by atoms with Gasteiger partial charge in [-0.05, 0) is 43.4 Å². The predicted octanol–water partition coefficient (Wildman–Crippen LogP) is 3.14. The molecule has 0 heterocycles. The van der Waals surface area contributed by atoms with Gasteiger partial charge in [-0.1, -0.05) is 30.3 Å². The molecule has 0 saturated heterocycles. The Kier molecular flexibility index (Phi) is 10.5. The van der Waals surface area contributed by atoms with Crippen LogP contribution in [-0.4, -0.2) is 42.9 Å². The molecule has 3 N–H and O–H groups in total. The van der Waals surface area contributed by atoms with Crippen LogP contribution >= 0.6 is 0 Å². The van der Waals surface area contributed by atoms with Crippen molar-refractivity contribution >= 4 is 11.9 Å². The lowest BCUT2D eigenvalue weighted by Gasteiger charge is -2.19. The summed E-state index contributed by atoms with van der Waals surface area (Å²) in [6, 6.07) is 18.0. The Morgan fingerprint density at radius 1 is 0.964 bits per heavy atom. The largest absolute Gasteiger partial charge is 0.497 e. The fourth-order valence-corrected chi connectivity index (χ4v) is 2.20. The standard InChI is InChI=1S/C17H21NO2.C4H4O4/c1-18-13-12-17(14-6-4-3-5-7-14)20-16-10-8-15(19-2)9-11-16;5-3(6)1-2-4(7)8/h3-11,17-18H,12-13H2,1-2H3;1-2H,(H,5,6)(H,7,8)/b;2-1-. The van der Waals surface area contributed by atoms with Crippen LogP contribution in [0.4, 0.5) is 0 Å². The highest BCUT2D eigenvalue weighted by molar-refractivity contribution is 5.89. The Labute approximate surface area is 164 Å². The zero-order valence-corrected chi connectivity index (χ0v) is 15.9. The van der Waals surface area contributed by atoms with Crippen LogP contribution in [0.1, 0.15) is 18.1 Å². The van der Waals surface area contributed by atoms with Crippen LogP contribution in [0, 0.1) is 0 Å². The zero-order chi connectivity index (χ0) is 20.8. The number of carboxylic acids is 2. The van der Waals surface area contributed by atoms with E-state index in [0.29, 0.717) is 12.2 Å². The molecule has 0 aliphatic heterocycles. The number of rotatable bonds is 9. The highest BCUT2D eigenvalue weighted by Gasteiger charge is 2.12. The number of hydrogen-bond donors (Lipinski definition) is 3. The van der Waals surface area contributed by atoms with E-state index in [1.807, 2.05) is 49.5 Å². The molecule has 0 spiro atoms. The average Bonchev–Trinajstić information content (AvgIpc) is 2.71. The minimum atomic E-state index is -1.26. The van der Waals surface area contributed by atoms with Gasteiger partial charge in [0.05, 0.1) is 7.11 Å². The van der Waals surface area contributed by atoms with E-state index in [9.17, 15) is 9.59 Å². The molecule has 1 atom stereocenters. The van der Waals surface area contributed by atoms with Gasteiger partial charge in [0.2, 0.25) is 0 Å². The Morgan fingerprint density at radius 3 is 1.96 bits per heavy atom. The van der Waals surface area contributed by atoms with E-state index < -0.39 is 11.9 Å². The van der Waals surface area contributed by atoms with Crippen LogP contribution in [0.15, 0.2) is 66.7 Å². The van der Waals surface area contributed by atoms with Crippen molar-refractivity contribution in [2.45, 2.75) is 12.5 Å². The van der Waals surface area contributed by atoms with Crippen molar-refractivity contribution in [2.24, 2.45) is 0 Å². The van der Waals surface area contributed by atoms with Crippen LogP contribution in [0.3, 0.4) is 0 Å². The molecular weight excluding hydrogens is 362 g/mol. The SMILES string of the molecule is CNCCC(Oc1ccc(OC)cc1)c1ccccc1.O=C(O)/C=C\C(=O)O. The van der Waals surface area contributed by atoms with E-state index >= 15 is 0 Å². The molecule has 0 amide bonds. The number of carboxylic acid groups (broad SMARTS) is 2. The lowest BCUT2D eigenvalue weighted by atomic mass is 10.1. The molecule has 7 nitrogen and oxygen atoms in total. The number of nitrogens with one attached hydrogen (secondary N) is 1. The number of aliphatic carboxylic acids is 2. The second-order valence-electron chi connectivity index (χ2n) is 5.59. The summed E-state index contributed by atoms with van der Waals surface area (Å²) in [5, 5.41) is 18.8. The molecule has 2 aromatic carbocycles.